The summed E-state index contributed by atoms with van der Waals surface area (Å²) < 4.78 is 0.797. The van der Waals surface area contributed by atoms with Crippen LogP contribution in [0, 0.1) is 0 Å². The molecule has 1 aliphatic carbocycles. The second kappa shape index (κ2) is 5.90. The number of hydrogen-bond donors (Lipinski definition) is 0. The molecule has 1 aromatic carbocycles. The molecule has 0 fully saturated rings. The summed E-state index contributed by atoms with van der Waals surface area (Å²) in [6.07, 6.45) is 1.57. The first kappa shape index (κ1) is 14.9. The molecule has 0 bridgehead atoms. The van der Waals surface area contributed by atoms with E-state index in [1.807, 2.05) is 30.3 Å². The molecule has 0 radical (unpaired) electrons. The Kier molecular flexibility index (Phi) is 4.90. The van der Waals surface area contributed by atoms with Crippen LogP contribution in [-0.4, -0.2) is 13.8 Å². The van der Waals surface area contributed by atoms with Crippen molar-refractivity contribution in [3.8, 4) is 0 Å². The Hall–Kier alpha value is 0.550. The van der Waals surface area contributed by atoms with Gasteiger partial charge >= 0.3 is 0 Å². The third-order valence-corrected chi connectivity index (χ3v) is 5.48. The summed E-state index contributed by atoms with van der Waals surface area (Å²) in [7, 11) is 0. The van der Waals surface area contributed by atoms with Crippen molar-refractivity contribution in [2.45, 2.75) is 20.9 Å². The monoisotopic (exact) mass is 498 g/mol. The molecular weight excluding hydrogens is 492 g/mol. The first-order valence-electron chi connectivity index (χ1n) is 5.41. The molecule has 0 amide bonds. The van der Waals surface area contributed by atoms with Gasteiger partial charge in [0.15, 0.2) is 5.78 Å². The highest BCUT2D eigenvalue weighted by Crippen LogP contribution is 2.48. The first-order chi connectivity index (χ1) is 8.41. The van der Waals surface area contributed by atoms with Crippen LogP contribution in [0.2, 0.25) is 0 Å². The van der Waals surface area contributed by atoms with Crippen molar-refractivity contribution < 1.29 is 4.79 Å². The lowest BCUT2D eigenvalue weighted by molar-refractivity contribution is 0.103. The standard InChI is InChI=1S/C13H10Br4O/c14-9-6-13(16,17)7-10(15)11(9)12(18)8-4-2-1-3-5-8/h1-5,9H,6-7H2. The Morgan fingerprint density at radius 2 is 1.83 bits per heavy atom. The average Bonchev–Trinajstić information content (AvgIpc) is 2.27. The Morgan fingerprint density at radius 3 is 2.39 bits per heavy atom. The van der Waals surface area contributed by atoms with Crippen LogP contribution >= 0.6 is 63.7 Å². The second-order valence-electron chi connectivity index (χ2n) is 4.22. The van der Waals surface area contributed by atoms with Gasteiger partial charge in [0, 0.05) is 26.9 Å². The zero-order valence-electron chi connectivity index (χ0n) is 9.30. The SMILES string of the molecule is O=C(C1=C(Br)CC(Br)(Br)CC1Br)c1ccccc1. The fraction of sp³-hybridized carbons (Fsp3) is 0.308. The van der Waals surface area contributed by atoms with Gasteiger partial charge in [0.05, 0.1) is 3.23 Å². The fourth-order valence-corrected chi connectivity index (χ4v) is 7.05. The first-order valence-corrected chi connectivity index (χ1v) is 8.70. The smallest absolute Gasteiger partial charge is 0.190 e. The van der Waals surface area contributed by atoms with Gasteiger partial charge in [-0.05, 0) is 6.42 Å². The van der Waals surface area contributed by atoms with Gasteiger partial charge in [-0.2, -0.15) is 0 Å². The quantitative estimate of drug-likeness (QED) is 0.383. The molecule has 1 nitrogen and oxygen atoms in total. The summed E-state index contributed by atoms with van der Waals surface area (Å²) in [6, 6.07) is 9.37. The molecule has 0 aromatic heterocycles. The summed E-state index contributed by atoms with van der Waals surface area (Å²) >= 11 is 14.4. The molecule has 0 heterocycles. The van der Waals surface area contributed by atoms with Gasteiger partial charge in [0.25, 0.3) is 0 Å². The maximum atomic E-state index is 12.5. The molecule has 1 aliphatic rings. The molecule has 96 valence electrons. The summed E-state index contributed by atoms with van der Waals surface area (Å²) in [6.45, 7) is 0. The highest BCUT2D eigenvalue weighted by molar-refractivity contribution is 9.25. The van der Waals surface area contributed by atoms with Crippen molar-refractivity contribution in [2.24, 2.45) is 0 Å². The van der Waals surface area contributed by atoms with Crippen LogP contribution in [0.25, 0.3) is 0 Å². The van der Waals surface area contributed by atoms with E-state index in [4.69, 9.17) is 0 Å². The van der Waals surface area contributed by atoms with E-state index in [-0.39, 0.29) is 13.8 Å². The lowest BCUT2D eigenvalue weighted by Gasteiger charge is -2.31. The number of benzene rings is 1. The molecule has 5 heteroatoms. The number of hydrogen-bond acceptors (Lipinski definition) is 1. The van der Waals surface area contributed by atoms with E-state index in [2.05, 4.69) is 63.7 Å². The topological polar surface area (TPSA) is 17.1 Å². The Balaban J connectivity index is 2.36. The van der Waals surface area contributed by atoms with Crippen molar-refractivity contribution in [2.75, 3.05) is 0 Å². The predicted octanol–water partition coefficient (Wildman–Crippen LogP) is 5.56. The van der Waals surface area contributed by atoms with Gasteiger partial charge in [0.2, 0.25) is 0 Å². The summed E-state index contributed by atoms with van der Waals surface area (Å²) in [5.74, 6) is 0.0832. The van der Waals surface area contributed by atoms with Gasteiger partial charge in [-0.15, -0.1) is 0 Å². The molecule has 0 aliphatic heterocycles. The minimum Gasteiger partial charge on any atom is -0.289 e. The Morgan fingerprint density at radius 1 is 1.22 bits per heavy atom. The van der Waals surface area contributed by atoms with Crippen molar-refractivity contribution in [1.29, 1.82) is 0 Å². The zero-order chi connectivity index (χ0) is 13.3. The van der Waals surface area contributed by atoms with Crippen molar-refractivity contribution in [3.05, 3.63) is 46.0 Å². The molecule has 1 atom stereocenters. The number of rotatable bonds is 2. The summed E-state index contributed by atoms with van der Waals surface area (Å²) in [4.78, 5) is 12.5. The van der Waals surface area contributed by atoms with Crippen LogP contribution in [0.1, 0.15) is 23.2 Å². The number of halogens is 4. The van der Waals surface area contributed by atoms with Crippen LogP contribution in [0.4, 0.5) is 0 Å². The maximum Gasteiger partial charge on any atom is 0.190 e. The van der Waals surface area contributed by atoms with Crippen LogP contribution in [0.3, 0.4) is 0 Å². The number of allylic oxidation sites excluding steroid dienone is 2. The number of carbonyl (C=O) groups is 1. The van der Waals surface area contributed by atoms with Crippen LogP contribution in [-0.2, 0) is 0 Å². The fourth-order valence-electron chi connectivity index (χ4n) is 1.94. The van der Waals surface area contributed by atoms with E-state index < -0.39 is 0 Å². The zero-order valence-corrected chi connectivity index (χ0v) is 15.6. The highest BCUT2D eigenvalue weighted by atomic mass is 79.9. The van der Waals surface area contributed by atoms with E-state index in [0.29, 0.717) is 0 Å². The third kappa shape index (κ3) is 3.35. The minimum atomic E-state index is -0.145. The Labute approximate surface area is 140 Å². The normalized spacial score (nSPS) is 23.0. The number of alkyl halides is 3. The van der Waals surface area contributed by atoms with E-state index in [9.17, 15) is 4.79 Å². The molecule has 1 aromatic rings. The van der Waals surface area contributed by atoms with Gasteiger partial charge in [-0.3, -0.25) is 4.79 Å². The van der Waals surface area contributed by atoms with Gasteiger partial charge in [-0.1, -0.05) is 94.1 Å². The summed E-state index contributed by atoms with van der Waals surface area (Å²) in [5.41, 5.74) is 1.54. The van der Waals surface area contributed by atoms with E-state index >= 15 is 0 Å². The highest BCUT2D eigenvalue weighted by Gasteiger charge is 2.37. The average molecular weight is 502 g/mol. The molecule has 2 rings (SSSR count). The molecule has 0 spiro atoms. The molecule has 0 saturated heterocycles. The van der Waals surface area contributed by atoms with E-state index in [0.717, 1.165) is 28.5 Å². The molecule has 18 heavy (non-hydrogen) atoms. The predicted molar refractivity (Wildman–Crippen MR) is 89.3 cm³/mol. The van der Waals surface area contributed by atoms with Crippen molar-refractivity contribution in [3.63, 3.8) is 0 Å². The Bertz CT molecular complexity index is 493. The largest absolute Gasteiger partial charge is 0.289 e. The molecular formula is C13H10Br4O. The minimum absolute atomic E-state index is 0.0343. The van der Waals surface area contributed by atoms with E-state index in [1.165, 1.54) is 0 Å². The maximum absolute atomic E-state index is 12.5. The van der Waals surface area contributed by atoms with Gasteiger partial charge in [-0.25, -0.2) is 0 Å². The molecule has 1 unspecified atom stereocenters. The van der Waals surface area contributed by atoms with Crippen LogP contribution in [0.15, 0.2) is 40.4 Å². The number of ketones is 1. The van der Waals surface area contributed by atoms with Crippen LogP contribution in [0.5, 0.6) is 0 Å². The van der Waals surface area contributed by atoms with E-state index in [1.54, 1.807) is 0 Å². The lowest BCUT2D eigenvalue weighted by atomic mass is 9.92. The van der Waals surface area contributed by atoms with Gasteiger partial charge in [0.1, 0.15) is 0 Å². The van der Waals surface area contributed by atoms with Crippen LogP contribution < -0.4 is 0 Å². The molecule has 0 saturated carbocycles. The van der Waals surface area contributed by atoms with Crippen molar-refractivity contribution in [1.82, 2.24) is 0 Å². The van der Waals surface area contributed by atoms with Gasteiger partial charge < -0.3 is 0 Å². The summed E-state index contributed by atoms with van der Waals surface area (Å²) in [5, 5.41) is 0. The van der Waals surface area contributed by atoms with Crippen molar-refractivity contribution >= 4 is 69.5 Å². The second-order valence-corrected chi connectivity index (χ2v) is 10.4. The number of carbonyl (C=O) groups excluding carboxylic acids is 1. The lowest BCUT2D eigenvalue weighted by Crippen LogP contribution is -2.28. The molecule has 0 N–H and O–H groups in total. The third-order valence-electron chi connectivity index (χ3n) is 2.78. The number of Topliss-reactive ketones (excluding diaryl/α,β-unsaturated/α-hetero) is 1.